The van der Waals surface area contributed by atoms with Crippen molar-refractivity contribution in [3.63, 3.8) is 0 Å². The Kier molecular flexibility index (Phi) is 5.02. The second kappa shape index (κ2) is 6.76. The van der Waals surface area contributed by atoms with Crippen LogP contribution in [0.25, 0.3) is 0 Å². The molecular weight excluding hydrogens is 224 g/mol. The van der Waals surface area contributed by atoms with Gasteiger partial charge in [0.15, 0.2) is 0 Å². The predicted octanol–water partition coefficient (Wildman–Crippen LogP) is 2.27. The van der Waals surface area contributed by atoms with Crippen LogP contribution in [0, 0.1) is 0 Å². The first kappa shape index (κ1) is 13.4. The van der Waals surface area contributed by atoms with Crippen LogP contribution in [0.1, 0.15) is 25.3 Å². The molecule has 1 saturated heterocycles. The highest BCUT2D eigenvalue weighted by molar-refractivity contribution is 5.33. The third-order valence-electron chi connectivity index (χ3n) is 3.76. The van der Waals surface area contributed by atoms with Crippen LogP contribution in [-0.4, -0.2) is 37.7 Å². The van der Waals surface area contributed by atoms with Gasteiger partial charge in [-0.15, -0.1) is 0 Å². The standard InChI is InChI=1S/C15H24N2O/c1-3-17(14-8-6-10-16-11-14)12-13-7-4-5-9-15(13)18-2/h4-5,7,9,14,16H,3,6,8,10-12H2,1-2H3. The molecule has 2 rings (SSSR count). The minimum atomic E-state index is 0.661. The number of nitrogens with zero attached hydrogens (tertiary/aromatic N) is 1. The van der Waals surface area contributed by atoms with Crippen molar-refractivity contribution in [2.24, 2.45) is 0 Å². The molecule has 1 atom stereocenters. The van der Waals surface area contributed by atoms with Gasteiger partial charge < -0.3 is 10.1 Å². The molecule has 0 radical (unpaired) electrons. The van der Waals surface area contributed by atoms with Crippen molar-refractivity contribution in [2.45, 2.75) is 32.4 Å². The smallest absolute Gasteiger partial charge is 0.123 e. The number of nitrogens with one attached hydrogen (secondary N) is 1. The van der Waals surface area contributed by atoms with E-state index < -0.39 is 0 Å². The molecule has 0 amide bonds. The number of ether oxygens (including phenoxy) is 1. The van der Waals surface area contributed by atoms with Crippen LogP contribution >= 0.6 is 0 Å². The first-order valence-corrected chi connectivity index (χ1v) is 6.91. The van der Waals surface area contributed by atoms with E-state index in [2.05, 4.69) is 29.3 Å². The lowest BCUT2D eigenvalue weighted by molar-refractivity contribution is 0.164. The quantitative estimate of drug-likeness (QED) is 0.865. The van der Waals surface area contributed by atoms with Crippen molar-refractivity contribution in [2.75, 3.05) is 26.7 Å². The summed E-state index contributed by atoms with van der Waals surface area (Å²) >= 11 is 0. The highest BCUT2D eigenvalue weighted by Crippen LogP contribution is 2.21. The van der Waals surface area contributed by atoms with E-state index in [4.69, 9.17) is 4.74 Å². The molecule has 1 aliphatic heterocycles. The molecule has 1 N–H and O–H groups in total. The number of methoxy groups -OCH3 is 1. The minimum absolute atomic E-state index is 0.661. The number of hydrogen-bond donors (Lipinski definition) is 1. The lowest BCUT2D eigenvalue weighted by atomic mass is 10.0. The Balaban J connectivity index is 2.04. The van der Waals surface area contributed by atoms with Gasteiger partial charge in [0.25, 0.3) is 0 Å². The molecular formula is C15H24N2O. The van der Waals surface area contributed by atoms with E-state index in [1.54, 1.807) is 7.11 Å². The normalized spacial score (nSPS) is 20.1. The topological polar surface area (TPSA) is 24.5 Å². The van der Waals surface area contributed by atoms with Gasteiger partial charge in [-0.05, 0) is 32.0 Å². The predicted molar refractivity (Wildman–Crippen MR) is 75.0 cm³/mol. The maximum absolute atomic E-state index is 5.44. The van der Waals surface area contributed by atoms with Crippen molar-refractivity contribution in [3.05, 3.63) is 29.8 Å². The lowest BCUT2D eigenvalue weighted by Crippen LogP contribution is -2.45. The van der Waals surface area contributed by atoms with Crippen LogP contribution in [-0.2, 0) is 6.54 Å². The van der Waals surface area contributed by atoms with E-state index in [0.717, 1.165) is 25.4 Å². The number of likely N-dealkylation sites (N-methyl/N-ethyl adjacent to an activating group) is 1. The van der Waals surface area contributed by atoms with Gasteiger partial charge in [-0.1, -0.05) is 25.1 Å². The maximum atomic E-state index is 5.44. The van der Waals surface area contributed by atoms with E-state index in [1.807, 2.05) is 12.1 Å². The summed E-state index contributed by atoms with van der Waals surface area (Å²) in [5, 5.41) is 3.49. The fraction of sp³-hybridized carbons (Fsp3) is 0.600. The SMILES string of the molecule is CCN(Cc1ccccc1OC)C1CCCNC1. The summed E-state index contributed by atoms with van der Waals surface area (Å²) in [5.41, 5.74) is 1.28. The summed E-state index contributed by atoms with van der Waals surface area (Å²) in [6, 6.07) is 8.99. The third-order valence-corrected chi connectivity index (χ3v) is 3.76. The molecule has 0 bridgehead atoms. The third kappa shape index (κ3) is 3.24. The fourth-order valence-corrected chi connectivity index (χ4v) is 2.70. The first-order chi connectivity index (χ1) is 8.85. The highest BCUT2D eigenvalue weighted by atomic mass is 16.5. The number of hydrogen-bond acceptors (Lipinski definition) is 3. The van der Waals surface area contributed by atoms with Gasteiger partial charge in [0.2, 0.25) is 0 Å². The van der Waals surface area contributed by atoms with Gasteiger partial charge in [0.05, 0.1) is 7.11 Å². The second-order valence-corrected chi connectivity index (χ2v) is 4.88. The average Bonchev–Trinajstić information content (AvgIpc) is 2.46. The van der Waals surface area contributed by atoms with Crippen molar-refractivity contribution in [1.82, 2.24) is 10.2 Å². The van der Waals surface area contributed by atoms with Crippen molar-refractivity contribution in [1.29, 1.82) is 0 Å². The second-order valence-electron chi connectivity index (χ2n) is 4.88. The molecule has 1 heterocycles. The fourth-order valence-electron chi connectivity index (χ4n) is 2.70. The van der Waals surface area contributed by atoms with Gasteiger partial charge in [0, 0.05) is 24.7 Å². The summed E-state index contributed by atoms with van der Waals surface area (Å²) in [4.78, 5) is 2.55. The van der Waals surface area contributed by atoms with Gasteiger partial charge in [-0.3, -0.25) is 4.90 Å². The van der Waals surface area contributed by atoms with Crippen LogP contribution < -0.4 is 10.1 Å². The molecule has 0 spiro atoms. The molecule has 0 aliphatic carbocycles. The molecule has 3 heteroatoms. The van der Waals surface area contributed by atoms with Crippen LogP contribution in [0.3, 0.4) is 0 Å². The zero-order valence-electron chi connectivity index (χ0n) is 11.5. The van der Waals surface area contributed by atoms with Gasteiger partial charge in [-0.2, -0.15) is 0 Å². The summed E-state index contributed by atoms with van der Waals surface area (Å²) in [6.07, 6.45) is 2.59. The van der Waals surface area contributed by atoms with Gasteiger partial charge in [-0.25, -0.2) is 0 Å². The van der Waals surface area contributed by atoms with Crippen molar-refractivity contribution in [3.8, 4) is 5.75 Å². The van der Waals surface area contributed by atoms with Crippen LogP contribution in [0.2, 0.25) is 0 Å². The van der Waals surface area contributed by atoms with Gasteiger partial charge >= 0.3 is 0 Å². The Hall–Kier alpha value is -1.06. The van der Waals surface area contributed by atoms with Crippen LogP contribution in [0.15, 0.2) is 24.3 Å². The molecule has 100 valence electrons. The molecule has 1 unspecified atom stereocenters. The summed E-state index contributed by atoms with van der Waals surface area (Å²) in [5.74, 6) is 1.000. The zero-order chi connectivity index (χ0) is 12.8. The summed E-state index contributed by atoms with van der Waals surface area (Å²) < 4.78 is 5.44. The molecule has 1 aromatic rings. The minimum Gasteiger partial charge on any atom is -0.496 e. The van der Waals surface area contributed by atoms with Crippen LogP contribution in [0.5, 0.6) is 5.75 Å². The summed E-state index contributed by atoms with van der Waals surface area (Å²) in [7, 11) is 1.75. The van der Waals surface area contributed by atoms with Crippen LogP contribution in [0.4, 0.5) is 0 Å². The Morgan fingerprint density at radius 3 is 2.89 bits per heavy atom. The Morgan fingerprint density at radius 1 is 1.39 bits per heavy atom. The largest absolute Gasteiger partial charge is 0.496 e. The van der Waals surface area contributed by atoms with E-state index in [1.165, 1.54) is 24.9 Å². The lowest BCUT2D eigenvalue weighted by Gasteiger charge is -2.34. The van der Waals surface area contributed by atoms with E-state index >= 15 is 0 Å². The molecule has 0 aromatic heterocycles. The molecule has 1 aromatic carbocycles. The highest BCUT2D eigenvalue weighted by Gasteiger charge is 2.20. The maximum Gasteiger partial charge on any atom is 0.123 e. The molecule has 3 nitrogen and oxygen atoms in total. The van der Waals surface area contributed by atoms with Gasteiger partial charge in [0.1, 0.15) is 5.75 Å². The molecule has 0 saturated carbocycles. The monoisotopic (exact) mass is 248 g/mol. The van der Waals surface area contributed by atoms with Crippen molar-refractivity contribution < 1.29 is 4.74 Å². The number of piperidine rings is 1. The number of para-hydroxylation sites is 1. The van der Waals surface area contributed by atoms with E-state index in [9.17, 15) is 0 Å². The zero-order valence-corrected chi connectivity index (χ0v) is 11.5. The van der Waals surface area contributed by atoms with Crippen molar-refractivity contribution >= 4 is 0 Å². The first-order valence-electron chi connectivity index (χ1n) is 6.91. The number of benzene rings is 1. The molecule has 1 fully saturated rings. The molecule has 18 heavy (non-hydrogen) atoms. The van der Waals surface area contributed by atoms with E-state index in [-0.39, 0.29) is 0 Å². The number of rotatable bonds is 5. The Labute approximate surface area is 110 Å². The Bertz CT molecular complexity index is 361. The summed E-state index contributed by atoms with van der Waals surface area (Å²) in [6.45, 7) is 6.59. The average molecular weight is 248 g/mol. The molecule has 1 aliphatic rings. The van der Waals surface area contributed by atoms with E-state index in [0.29, 0.717) is 6.04 Å². The Morgan fingerprint density at radius 2 is 2.22 bits per heavy atom.